The lowest BCUT2D eigenvalue weighted by Gasteiger charge is -2.11. The van der Waals surface area contributed by atoms with Gasteiger partial charge in [0.15, 0.2) is 0 Å². The highest BCUT2D eigenvalue weighted by molar-refractivity contribution is 6.30. The van der Waals surface area contributed by atoms with Crippen molar-refractivity contribution >= 4 is 45.6 Å². The standard InChI is InChI=1S/C21H16ClN5O/c1-13-24-18(21(28)26-16-8-3-7-15(22)11-16)12-19(25-13)27-17-9-2-5-14-6-4-10-23-20(14)17/h2-12H,1H3,(H,26,28)(H,24,25,27). The number of carbonyl (C=O) groups is 1. The van der Waals surface area contributed by atoms with E-state index < -0.39 is 0 Å². The van der Waals surface area contributed by atoms with E-state index in [0.717, 1.165) is 16.6 Å². The Bertz CT molecular complexity index is 1170. The van der Waals surface area contributed by atoms with Crippen molar-refractivity contribution in [2.75, 3.05) is 10.6 Å². The molecule has 2 aromatic carbocycles. The third-order valence-electron chi connectivity index (χ3n) is 4.05. The molecule has 0 radical (unpaired) electrons. The maximum atomic E-state index is 12.6. The number of carbonyl (C=O) groups excluding carboxylic acids is 1. The zero-order chi connectivity index (χ0) is 19.5. The van der Waals surface area contributed by atoms with Crippen LogP contribution in [-0.4, -0.2) is 20.9 Å². The van der Waals surface area contributed by atoms with Crippen molar-refractivity contribution in [2.45, 2.75) is 6.92 Å². The first-order chi connectivity index (χ1) is 13.6. The number of pyridine rings is 1. The molecule has 4 aromatic rings. The first-order valence-corrected chi connectivity index (χ1v) is 9.00. The summed E-state index contributed by atoms with van der Waals surface area (Å²) in [4.78, 5) is 25.7. The largest absolute Gasteiger partial charge is 0.338 e. The summed E-state index contributed by atoms with van der Waals surface area (Å²) in [6, 6.07) is 18.3. The molecule has 0 aliphatic heterocycles. The molecule has 0 aliphatic carbocycles. The number of fused-ring (bicyclic) bond motifs is 1. The van der Waals surface area contributed by atoms with E-state index in [0.29, 0.717) is 22.4 Å². The minimum atomic E-state index is -0.341. The summed E-state index contributed by atoms with van der Waals surface area (Å²) in [6.07, 6.45) is 1.74. The maximum absolute atomic E-state index is 12.6. The molecule has 6 nitrogen and oxygen atoms in total. The molecule has 0 fully saturated rings. The Morgan fingerprint density at radius 1 is 1.00 bits per heavy atom. The van der Waals surface area contributed by atoms with Gasteiger partial charge in [0.1, 0.15) is 17.3 Å². The highest BCUT2D eigenvalue weighted by atomic mass is 35.5. The number of amides is 1. The van der Waals surface area contributed by atoms with Crippen LogP contribution in [0.25, 0.3) is 10.9 Å². The molecule has 0 unspecified atom stereocenters. The molecule has 0 saturated heterocycles. The zero-order valence-corrected chi connectivity index (χ0v) is 15.7. The predicted molar refractivity (Wildman–Crippen MR) is 111 cm³/mol. The van der Waals surface area contributed by atoms with Gasteiger partial charge in [0.2, 0.25) is 0 Å². The van der Waals surface area contributed by atoms with Crippen molar-refractivity contribution in [3.63, 3.8) is 0 Å². The molecule has 4 rings (SSSR count). The van der Waals surface area contributed by atoms with E-state index in [1.165, 1.54) is 0 Å². The van der Waals surface area contributed by atoms with Crippen molar-refractivity contribution in [3.8, 4) is 0 Å². The third-order valence-corrected chi connectivity index (χ3v) is 4.28. The average Bonchev–Trinajstić information content (AvgIpc) is 2.68. The molecule has 2 aromatic heterocycles. The second kappa shape index (κ2) is 7.62. The van der Waals surface area contributed by atoms with Gasteiger partial charge in [-0.05, 0) is 37.3 Å². The summed E-state index contributed by atoms with van der Waals surface area (Å²) in [7, 11) is 0. The van der Waals surface area contributed by atoms with E-state index in [9.17, 15) is 4.79 Å². The molecule has 1 amide bonds. The summed E-state index contributed by atoms with van der Waals surface area (Å²) in [6.45, 7) is 1.74. The minimum Gasteiger partial charge on any atom is -0.338 e. The van der Waals surface area contributed by atoms with Crippen LogP contribution in [0.15, 0.2) is 66.9 Å². The van der Waals surface area contributed by atoms with Gasteiger partial charge in [-0.3, -0.25) is 9.78 Å². The Kier molecular flexibility index (Phi) is 4.87. The van der Waals surface area contributed by atoms with Crippen molar-refractivity contribution in [1.82, 2.24) is 15.0 Å². The summed E-state index contributed by atoms with van der Waals surface area (Å²) >= 11 is 5.97. The Labute approximate surface area is 166 Å². The molecular weight excluding hydrogens is 374 g/mol. The van der Waals surface area contributed by atoms with Gasteiger partial charge in [0.05, 0.1) is 11.2 Å². The molecule has 2 heterocycles. The number of nitrogens with one attached hydrogen (secondary N) is 2. The van der Waals surface area contributed by atoms with Gasteiger partial charge < -0.3 is 10.6 Å². The second-order valence-corrected chi connectivity index (χ2v) is 6.59. The Hall–Kier alpha value is -3.51. The lowest BCUT2D eigenvalue weighted by molar-refractivity contribution is 0.102. The number of halogens is 1. The topological polar surface area (TPSA) is 79.8 Å². The Morgan fingerprint density at radius 2 is 1.82 bits per heavy atom. The monoisotopic (exact) mass is 389 g/mol. The van der Waals surface area contributed by atoms with Crippen LogP contribution in [0.4, 0.5) is 17.2 Å². The molecule has 0 aliphatic rings. The van der Waals surface area contributed by atoms with Crippen LogP contribution in [0.5, 0.6) is 0 Å². The lowest BCUT2D eigenvalue weighted by atomic mass is 10.2. The number of benzene rings is 2. The number of aromatic nitrogens is 3. The molecule has 2 N–H and O–H groups in total. The van der Waals surface area contributed by atoms with Crippen LogP contribution >= 0.6 is 11.6 Å². The number of nitrogens with zero attached hydrogens (tertiary/aromatic N) is 3. The van der Waals surface area contributed by atoms with Gasteiger partial charge in [-0.25, -0.2) is 9.97 Å². The van der Waals surface area contributed by atoms with E-state index in [1.54, 1.807) is 43.5 Å². The summed E-state index contributed by atoms with van der Waals surface area (Å²) < 4.78 is 0. The average molecular weight is 390 g/mol. The number of anilines is 3. The third kappa shape index (κ3) is 3.92. The molecule has 138 valence electrons. The van der Waals surface area contributed by atoms with Crippen molar-refractivity contribution in [3.05, 3.63) is 83.4 Å². The zero-order valence-electron chi connectivity index (χ0n) is 15.0. The van der Waals surface area contributed by atoms with Gasteiger partial charge in [-0.2, -0.15) is 0 Å². The Morgan fingerprint density at radius 3 is 2.68 bits per heavy atom. The van der Waals surface area contributed by atoms with Gasteiger partial charge in [-0.15, -0.1) is 0 Å². The van der Waals surface area contributed by atoms with Crippen LogP contribution in [0, 0.1) is 6.92 Å². The van der Waals surface area contributed by atoms with Crippen LogP contribution < -0.4 is 10.6 Å². The predicted octanol–water partition coefficient (Wildman–Crippen LogP) is 4.98. The fourth-order valence-corrected chi connectivity index (χ4v) is 3.04. The number of aryl methyl sites for hydroxylation is 1. The molecule has 28 heavy (non-hydrogen) atoms. The smallest absolute Gasteiger partial charge is 0.274 e. The molecule has 0 bridgehead atoms. The van der Waals surface area contributed by atoms with Crippen molar-refractivity contribution in [2.24, 2.45) is 0 Å². The van der Waals surface area contributed by atoms with E-state index in [-0.39, 0.29) is 11.6 Å². The molecule has 0 atom stereocenters. The summed E-state index contributed by atoms with van der Waals surface area (Å²) in [5.41, 5.74) is 2.48. The number of rotatable bonds is 4. The van der Waals surface area contributed by atoms with Gasteiger partial charge in [0, 0.05) is 28.4 Å². The number of hydrogen-bond donors (Lipinski definition) is 2. The van der Waals surface area contributed by atoms with Crippen LogP contribution in [0.2, 0.25) is 5.02 Å². The molecule has 0 saturated carbocycles. The van der Waals surface area contributed by atoms with E-state index >= 15 is 0 Å². The van der Waals surface area contributed by atoms with E-state index in [2.05, 4.69) is 25.6 Å². The van der Waals surface area contributed by atoms with Crippen molar-refractivity contribution < 1.29 is 4.79 Å². The van der Waals surface area contributed by atoms with Crippen LogP contribution in [0.3, 0.4) is 0 Å². The van der Waals surface area contributed by atoms with E-state index in [1.807, 2.05) is 30.3 Å². The van der Waals surface area contributed by atoms with Gasteiger partial charge in [0.25, 0.3) is 5.91 Å². The van der Waals surface area contributed by atoms with E-state index in [4.69, 9.17) is 11.6 Å². The number of para-hydroxylation sites is 1. The summed E-state index contributed by atoms with van der Waals surface area (Å²) in [5.74, 6) is 0.656. The quantitative estimate of drug-likeness (QED) is 0.514. The molecule has 0 spiro atoms. The molecule has 7 heteroatoms. The first-order valence-electron chi connectivity index (χ1n) is 8.62. The minimum absolute atomic E-state index is 0.253. The first kappa shape index (κ1) is 17.9. The highest BCUT2D eigenvalue weighted by Gasteiger charge is 2.12. The fourth-order valence-electron chi connectivity index (χ4n) is 2.85. The fraction of sp³-hybridized carbons (Fsp3) is 0.0476. The molecular formula is C21H16ClN5O. The van der Waals surface area contributed by atoms with Gasteiger partial charge >= 0.3 is 0 Å². The highest BCUT2D eigenvalue weighted by Crippen LogP contribution is 2.24. The summed E-state index contributed by atoms with van der Waals surface area (Å²) in [5, 5.41) is 7.59. The van der Waals surface area contributed by atoms with Crippen LogP contribution in [0.1, 0.15) is 16.3 Å². The second-order valence-electron chi connectivity index (χ2n) is 6.16. The normalized spacial score (nSPS) is 10.6. The van der Waals surface area contributed by atoms with Crippen LogP contribution in [-0.2, 0) is 0 Å². The number of hydrogen-bond acceptors (Lipinski definition) is 5. The maximum Gasteiger partial charge on any atom is 0.274 e. The SMILES string of the molecule is Cc1nc(Nc2cccc3cccnc23)cc(C(=O)Nc2cccc(Cl)c2)n1. The lowest BCUT2D eigenvalue weighted by Crippen LogP contribution is -2.15. The Balaban J connectivity index is 1.62. The van der Waals surface area contributed by atoms with Gasteiger partial charge in [-0.1, -0.05) is 35.9 Å². The van der Waals surface area contributed by atoms with Crippen molar-refractivity contribution in [1.29, 1.82) is 0 Å².